The number of hydrogen-bond donors (Lipinski definition) is 2. The van der Waals surface area contributed by atoms with E-state index in [1.165, 1.54) is 6.07 Å². The fraction of sp³-hybridized carbons (Fsp3) is 0.0714. The highest BCUT2D eigenvalue weighted by molar-refractivity contribution is 8.00. The van der Waals surface area contributed by atoms with Gasteiger partial charge in [-0.2, -0.15) is 0 Å². The van der Waals surface area contributed by atoms with Crippen LogP contribution in [0.4, 0.5) is 0 Å². The van der Waals surface area contributed by atoms with Gasteiger partial charge in [-0.3, -0.25) is 4.79 Å². The van der Waals surface area contributed by atoms with Crippen molar-refractivity contribution in [2.45, 2.75) is 10.3 Å². The Bertz CT molecular complexity index is 630. The number of aromatic carboxylic acids is 1. The van der Waals surface area contributed by atoms with E-state index >= 15 is 0 Å². The van der Waals surface area contributed by atoms with Gasteiger partial charge in [-0.1, -0.05) is 48.2 Å². The number of hydrogen-bond acceptors (Lipinski definition) is 4. The highest BCUT2D eigenvalue weighted by atomic mass is 32.2. The number of pyridine rings is 1. The molecule has 20 heavy (non-hydrogen) atoms. The Labute approximate surface area is 119 Å². The summed E-state index contributed by atoms with van der Waals surface area (Å²) in [4.78, 5) is 26.1. The van der Waals surface area contributed by atoms with Gasteiger partial charge in [0, 0.05) is 0 Å². The summed E-state index contributed by atoms with van der Waals surface area (Å²) in [7, 11) is 0. The van der Waals surface area contributed by atoms with Crippen molar-refractivity contribution in [1.29, 1.82) is 0 Å². The van der Waals surface area contributed by atoms with Crippen LogP contribution in [0.2, 0.25) is 0 Å². The first-order chi connectivity index (χ1) is 9.58. The minimum Gasteiger partial charge on any atom is -0.480 e. The standard InChI is InChI=1S/C14H11NO4S/c16-13(17)10-7-4-8-11(15-10)20-12(14(18)19)9-5-2-1-3-6-9/h1-8,12H,(H,16,17)(H,18,19)/t12-/m1/s1. The van der Waals surface area contributed by atoms with Crippen LogP contribution in [-0.2, 0) is 4.79 Å². The summed E-state index contributed by atoms with van der Waals surface area (Å²) in [6.45, 7) is 0. The molecule has 1 heterocycles. The Morgan fingerprint density at radius 1 is 1.00 bits per heavy atom. The second kappa shape index (κ2) is 6.21. The van der Waals surface area contributed by atoms with Crippen molar-refractivity contribution in [3.05, 3.63) is 59.8 Å². The van der Waals surface area contributed by atoms with E-state index in [4.69, 9.17) is 5.11 Å². The van der Waals surface area contributed by atoms with Gasteiger partial charge in [-0.25, -0.2) is 9.78 Å². The quantitative estimate of drug-likeness (QED) is 0.823. The SMILES string of the molecule is O=C(O)c1cccc(S[C@@H](C(=O)O)c2ccccc2)n1. The summed E-state index contributed by atoms with van der Waals surface area (Å²) < 4.78 is 0. The second-order valence-corrected chi connectivity index (χ2v) is 5.04. The molecule has 0 amide bonds. The summed E-state index contributed by atoms with van der Waals surface area (Å²) in [6.07, 6.45) is 0. The third-order valence-corrected chi connectivity index (χ3v) is 3.69. The molecule has 5 nitrogen and oxygen atoms in total. The highest BCUT2D eigenvalue weighted by Gasteiger charge is 2.22. The minimum absolute atomic E-state index is 0.104. The van der Waals surface area contributed by atoms with E-state index in [9.17, 15) is 14.7 Å². The van der Waals surface area contributed by atoms with Gasteiger partial charge >= 0.3 is 11.9 Å². The number of aromatic nitrogens is 1. The van der Waals surface area contributed by atoms with E-state index in [0.29, 0.717) is 10.6 Å². The highest BCUT2D eigenvalue weighted by Crippen LogP contribution is 2.34. The van der Waals surface area contributed by atoms with Crippen LogP contribution < -0.4 is 0 Å². The van der Waals surface area contributed by atoms with E-state index in [0.717, 1.165) is 11.8 Å². The first kappa shape index (κ1) is 14.1. The van der Waals surface area contributed by atoms with Crippen molar-refractivity contribution >= 4 is 23.7 Å². The van der Waals surface area contributed by atoms with Crippen LogP contribution in [0.15, 0.2) is 53.6 Å². The molecule has 0 saturated carbocycles. The molecule has 1 aromatic heterocycles. The molecule has 1 aromatic carbocycles. The Morgan fingerprint density at radius 2 is 1.70 bits per heavy atom. The fourth-order valence-corrected chi connectivity index (χ4v) is 2.55. The van der Waals surface area contributed by atoms with Crippen molar-refractivity contribution in [2.75, 3.05) is 0 Å². The Morgan fingerprint density at radius 3 is 2.30 bits per heavy atom. The maximum Gasteiger partial charge on any atom is 0.354 e. The molecule has 1 atom stereocenters. The van der Waals surface area contributed by atoms with E-state index in [1.807, 2.05) is 0 Å². The molecule has 0 aliphatic heterocycles. The molecule has 0 spiro atoms. The molecule has 0 unspecified atom stereocenters. The van der Waals surface area contributed by atoms with Crippen LogP contribution in [0.1, 0.15) is 21.3 Å². The van der Waals surface area contributed by atoms with Gasteiger partial charge in [0.2, 0.25) is 0 Å². The topological polar surface area (TPSA) is 87.5 Å². The zero-order chi connectivity index (χ0) is 14.5. The summed E-state index contributed by atoms with van der Waals surface area (Å²) in [5, 5.41) is 17.7. The smallest absolute Gasteiger partial charge is 0.354 e. The van der Waals surface area contributed by atoms with Gasteiger partial charge in [0.05, 0.1) is 5.03 Å². The molecule has 0 saturated heterocycles. The maximum atomic E-state index is 11.4. The molecule has 0 aliphatic rings. The molecule has 0 fully saturated rings. The van der Waals surface area contributed by atoms with Crippen LogP contribution in [0.25, 0.3) is 0 Å². The normalized spacial score (nSPS) is 11.8. The van der Waals surface area contributed by atoms with Crippen molar-refractivity contribution in [3.8, 4) is 0 Å². The Hall–Kier alpha value is -2.34. The number of benzene rings is 1. The van der Waals surface area contributed by atoms with E-state index in [1.54, 1.807) is 42.5 Å². The van der Waals surface area contributed by atoms with Gasteiger partial charge in [-0.15, -0.1) is 0 Å². The predicted octanol–water partition coefficient (Wildman–Crippen LogP) is 2.70. The minimum atomic E-state index is -1.14. The number of carboxylic acid groups (broad SMARTS) is 2. The monoisotopic (exact) mass is 289 g/mol. The molecule has 2 aromatic rings. The largest absolute Gasteiger partial charge is 0.480 e. The van der Waals surface area contributed by atoms with Crippen LogP contribution in [-0.4, -0.2) is 27.1 Å². The average Bonchev–Trinajstić information content (AvgIpc) is 2.45. The molecule has 102 valence electrons. The number of nitrogens with zero attached hydrogens (tertiary/aromatic N) is 1. The van der Waals surface area contributed by atoms with Gasteiger partial charge in [0.25, 0.3) is 0 Å². The lowest BCUT2D eigenvalue weighted by Gasteiger charge is -2.11. The molecular formula is C14H11NO4S. The molecule has 0 aliphatic carbocycles. The third-order valence-electron chi connectivity index (χ3n) is 2.51. The summed E-state index contributed by atoms with van der Waals surface area (Å²) in [5.41, 5.74) is 0.528. The molecular weight excluding hydrogens is 278 g/mol. The predicted molar refractivity (Wildman–Crippen MR) is 73.9 cm³/mol. The number of rotatable bonds is 5. The maximum absolute atomic E-state index is 11.4. The lowest BCUT2D eigenvalue weighted by Crippen LogP contribution is -2.08. The van der Waals surface area contributed by atoms with Crippen LogP contribution in [0.5, 0.6) is 0 Å². The molecule has 6 heteroatoms. The number of carbonyl (C=O) groups is 2. The van der Waals surface area contributed by atoms with Gasteiger partial charge in [-0.05, 0) is 17.7 Å². The third kappa shape index (κ3) is 3.36. The van der Waals surface area contributed by atoms with E-state index in [-0.39, 0.29) is 5.69 Å². The van der Waals surface area contributed by atoms with Crippen molar-refractivity contribution in [3.63, 3.8) is 0 Å². The first-order valence-corrected chi connectivity index (χ1v) is 6.60. The van der Waals surface area contributed by atoms with Crippen LogP contribution >= 0.6 is 11.8 Å². The molecule has 0 radical (unpaired) electrons. The van der Waals surface area contributed by atoms with Gasteiger partial charge in [0.1, 0.15) is 10.9 Å². The Balaban J connectivity index is 2.27. The molecule has 2 N–H and O–H groups in total. The lowest BCUT2D eigenvalue weighted by atomic mass is 10.1. The van der Waals surface area contributed by atoms with Crippen molar-refractivity contribution in [2.24, 2.45) is 0 Å². The van der Waals surface area contributed by atoms with Crippen LogP contribution in [0, 0.1) is 0 Å². The second-order valence-electron chi connectivity index (χ2n) is 3.91. The number of thioether (sulfide) groups is 1. The van der Waals surface area contributed by atoms with E-state index in [2.05, 4.69) is 4.98 Å². The first-order valence-electron chi connectivity index (χ1n) is 5.72. The summed E-state index contributed by atoms with van der Waals surface area (Å²) in [5.74, 6) is -2.14. The van der Waals surface area contributed by atoms with E-state index < -0.39 is 17.2 Å². The number of carboxylic acids is 2. The number of aliphatic carboxylic acids is 1. The molecule has 2 rings (SSSR count). The summed E-state index contributed by atoms with van der Waals surface area (Å²) in [6, 6.07) is 13.2. The zero-order valence-corrected chi connectivity index (χ0v) is 11.1. The lowest BCUT2D eigenvalue weighted by molar-refractivity contribution is -0.136. The van der Waals surface area contributed by atoms with Crippen molar-refractivity contribution < 1.29 is 19.8 Å². The zero-order valence-electron chi connectivity index (χ0n) is 10.3. The van der Waals surface area contributed by atoms with Crippen molar-refractivity contribution in [1.82, 2.24) is 4.98 Å². The van der Waals surface area contributed by atoms with Gasteiger partial charge < -0.3 is 10.2 Å². The van der Waals surface area contributed by atoms with Gasteiger partial charge in [0.15, 0.2) is 0 Å². The van der Waals surface area contributed by atoms with Crippen LogP contribution in [0.3, 0.4) is 0 Å². The Kier molecular flexibility index (Phi) is 4.37. The molecule has 0 bridgehead atoms. The fourth-order valence-electron chi connectivity index (χ4n) is 1.61. The average molecular weight is 289 g/mol. The summed E-state index contributed by atoms with van der Waals surface area (Å²) >= 11 is 1.01.